The number of carbonyl (C=O) groups excluding carboxylic acids is 1. The molecule has 0 saturated carbocycles. The van der Waals surface area contributed by atoms with E-state index in [0.29, 0.717) is 34.7 Å². The number of rotatable bonds is 4. The van der Waals surface area contributed by atoms with Crippen molar-refractivity contribution in [3.8, 4) is 17.6 Å². The lowest BCUT2D eigenvalue weighted by Crippen LogP contribution is -2.42. The number of benzene rings is 2. The van der Waals surface area contributed by atoms with E-state index in [4.69, 9.17) is 10.00 Å². The van der Waals surface area contributed by atoms with Gasteiger partial charge in [0.2, 0.25) is 0 Å². The van der Waals surface area contributed by atoms with Crippen LogP contribution >= 0.6 is 0 Å². The summed E-state index contributed by atoms with van der Waals surface area (Å²) in [5.41, 5.74) is 1.23. The second-order valence-electron chi connectivity index (χ2n) is 6.63. The van der Waals surface area contributed by atoms with Gasteiger partial charge >= 0.3 is 0 Å². The van der Waals surface area contributed by atoms with Gasteiger partial charge in [0.05, 0.1) is 11.6 Å². The third-order valence-electron chi connectivity index (χ3n) is 4.95. The first-order valence-corrected chi connectivity index (χ1v) is 8.56. The fraction of sp³-hybridized carbons (Fsp3) is 0.300. The first kappa shape index (κ1) is 15.7. The molecule has 3 unspecified atom stereocenters. The highest BCUT2D eigenvalue weighted by molar-refractivity contribution is 5.94. The molecule has 25 heavy (non-hydrogen) atoms. The molecule has 5 nitrogen and oxygen atoms in total. The van der Waals surface area contributed by atoms with E-state index in [2.05, 4.69) is 16.7 Å². The Morgan fingerprint density at radius 2 is 1.76 bits per heavy atom. The van der Waals surface area contributed by atoms with Gasteiger partial charge in [-0.1, -0.05) is 0 Å². The lowest BCUT2D eigenvalue weighted by atomic mass is 9.95. The second-order valence-corrected chi connectivity index (χ2v) is 6.63. The summed E-state index contributed by atoms with van der Waals surface area (Å²) in [6.07, 6.45) is 3.39. The summed E-state index contributed by atoms with van der Waals surface area (Å²) in [4.78, 5) is 12.4. The molecule has 3 atom stereocenters. The maximum atomic E-state index is 12.4. The predicted octanol–water partition coefficient (Wildman–Crippen LogP) is 2.97. The van der Waals surface area contributed by atoms with Gasteiger partial charge in [0, 0.05) is 23.7 Å². The van der Waals surface area contributed by atoms with Gasteiger partial charge in [-0.15, -0.1) is 0 Å². The number of nitriles is 1. The van der Waals surface area contributed by atoms with Gasteiger partial charge in [-0.2, -0.15) is 5.26 Å². The summed E-state index contributed by atoms with van der Waals surface area (Å²) in [6, 6.07) is 17.3. The summed E-state index contributed by atoms with van der Waals surface area (Å²) in [6.45, 7) is 0. The van der Waals surface area contributed by atoms with Crippen LogP contribution in [0.4, 0.5) is 0 Å². The van der Waals surface area contributed by atoms with E-state index in [0.717, 1.165) is 12.8 Å². The van der Waals surface area contributed by atoms with Gasteiger partial charge in [-0.3, -0.25) is 4.79 Å². The lowest BCUT2D eigenvalue weighted by Gasteiger charge is -2.21. The molecule has 2 N–H and O–H groups in total. The average molecular weight is 333 g/mol. The first-order chi connectivity index (χ1) is 12.2. The summed E-state index contributed by atoms with van der Waals surface area (Å²) >= 11 is 0. The van der Waals surface area contributed by atoms with E-state index in [1.807, 2.05) is 0 Å². The second kappa shape index (κ2) is 6.58. The summed E-state index contributed by atoms with van der Waals surface area (Å²) in [5, 5.41) is 15.5. The molecular formula is C20H19N3O2. The number of hydrogen-bond donors (Lipinski definition) is 2. The summed E-state index contributed by atoms with van der Waals surface area (Å²) in [5.74, 6) is 1.27. The van der Waals surface area contributed by atoms with Gasteiger partial charge in [0.1, 0.15) is 11.5 Å². The van der Waals surface area contributed by atoms with Crippen LogP contribution in [0.3, 0.4) is 0 Å². The molecule has 5 heteroatoms. The van der Waals surface area contributed by atoms with Crippen LogP contribution in [0, 0.1) is 11.3 Å². The maximum absolute atomic E-state index is 12.4. The molecule has 126 valence electrons. The molecule has 2 fully saturated rings. The summed E-state index contributed by atoms with van der Waals surface area (Å²) < 4.78 is 5.74. The van der Waals surface area contributed by atoms with Gasteiger partial charge in [0.15, 0.2) is 0 Å². The highest BCUT2D eigenvalue weighted by atomic mass is 16.5. The zero-order chi connectivity index (χ0) is 17.2. The number of carbonyl (C=O) groups is 1. The largest absolute Gasteiger partial charge is 0.457 e. The Labute approximate surface area is 146 Å². The topological polar surface area (TPSA) is 74.1 Å². The van der Waals surface area contributed by atoms with Crippen LogP contribution in [0.1, 0.15) is 35.2 Å². The minimum absolute atomic E-state index is 0.0377. The van der Waals surface area contributed by atoms with Gasteiger partial charge in [-0.25, -0.2) is 0 Å². The molecule has 4 rings (SSSR count). The van der Waals surface area contributed by atoms with Crippen molar-refractivity contribution in [1.82, 2.24) is 10.6 Å². The van der Waals surface area contributed by atoms with Crippen molar-refractivity contribution in [2.45, 2.75) is 37.4 Å². The van der Waals surface area contributed by atoms with Crippen molar-refractivity contribution in [1.29, 1.82) is 5.26 Å². The normalized spacial score (nSPS) is 23.9. The van der Waals surface area contributed by atoms with Crippen LogP contribution < -0.4 is 15.4 Å². The standard InChI is InChI=1S/C20H19N3O2/c21-12-13-1-6-16(7-2-13)25-17-8-3-14(4-9-17)20(24)23-19-11-15-5-10-18(19)22-15/h1-4,6-9,15,18-19,22H,5,10-11H2,(H,23,24). The molecule has 2 aliphatic heterocycles. The third-order valence-corrected chi connectivity index (χ3v) is 4.95. The van der Waals surface area contributed by atoms with E-state index < -0.39 is 0 Å². The van der Waals surface area contributed by atoms with Gasteiger partial charge in [-0.05, 0) is 67.8 Å². The number of amides is 1. The fourth-order valence-corrected chi connectivity index (χ4v) is 3.64. The maximum Gasteiger partial charge on any atom is 0.251 e. The molecule has 2 aliphatic rings. The Hall–Kier alpha value is -2.84. The van der Waals surface area contributed by atoms with Crippen LogP contribution in [0.5, 0.6) is 11.5 Å². The highest BCUT2D eigenvalue weighted by Crippen LogP contribution is 2.28. The van der Waals surface area contributed by atoms with Crippen LogP contribution in [0.2, 0.25) is 0 Å². The number of fused-ring (bicyclic) bond motifs is 2. The molecule has 0 aliphatic carbocycles. The van der Waals surface area contributed by atoms with Crippen molar-refractivity contribution in [3.63, 3.8) is 0 Å². The van der Waals surface area contributed by atoms with Crippen LogP contribution in [0.15, 0.2) is 48.5 Å². The van der Waals surface area contributed by atoms with Crippen molar-refractivity contribution in [2.75, 3.05) is 0 Å². The average Bonchev–Trinajstić information content (AvgIpc) is 3.26. The van der Waals surface area contributed by atoms with E-state index in [9.17, 15) is 4.79 Å². The fourth-order valence-electron chi connectivity index (χ4n) is 3.64. The molecule has 0 spiro atoms. The Morgan fingerprint density at radius 1 is 1.08 bits per heavy atom. The smallest absolute Gasteiger partial charge is 0.251 e. The SMILES string of the molecule is N#Cc1ccc(Oc2ccc(C(=O)NC3CC4CCC3N4)cc2)cc1. The Morgan fingerprint density at radius 3 is 2.32 bits per heavy atom. The van der Waals surface area contributed by atoms with Crippen molar-refractivity contribution >= 4 is 5.91 Å². The molecule has 2 bridgehead atoms. The first-order valence-electron chi connectivity index (χ1n) is 8.56. The van der Waals surface area contributed by atoms with Crippen molar-refractivity contribution < 1.29 is 9.53 Å². The van der Waals surface area contributed by atoms with Crippen LogP contribution in [-0.2, 0) is 0 Å². The Kier molecular flexibility index (Phi) is 4.12. The van der Waals surface area contributed by atoms with Crippen LogP contribution in [0.25, 0.3) is 0 Å². The number of nitrogens with zero attached hydrogens (tertiary/aromatic N) is 1. The zero-order valence-electron chi connectivity index (χ0n) is 13.7. The minimum atomic E-state index is -0.0377. The van der Waals surface area contributed by atoms with E-state index in [-0.39, 0.29) is 11.9 Å². The highest BCUT2D eigenvalue weighted by Gasteiger charge is 2.39. The third kappa shape index (κ3) is 3.35. The van der Waals surface area contributed by atoms with Gasteiger partial charge in [0.25, 0.3) is 5.91 Å². The van der Waals surface area contributed by atoms with Crippen molar-refractivity contribution in [2.24, 2.45) is 0 Å². The Bertz CT molecular complexity index is 808. The number of nitrogens with one attached hydrogen (secondary N) is 2. The van der Waals surface area contributed by atoms with E-state index in [1.54, 1.807) is 48.5 Å². The molecule has 0 aromatic heterocycles. The quantitative estimate of drug-likeness (QED) is 0.902. The predicted molar refractivity (Wildman–Crippen MR) is 93.5 cm³/mol. The molecule has 0 radical (unpaired) electrons. The monoisotopic (exact) mass is 333 g/mol. The van der Waals surface area contributed by atoms with Crippen molar-refractivity contribution in [3.05, 3.63) is 59.7 Å². The van der Waals surface area contributed by atoms with Gasteiger partial charge < -0.3 is 15.4 Å². The molecule has 2 aromatic carbocycles. The lowest BCUT2D eigenvalue weighted by molar-refractivity contribution is 0.0931. The van der Waals surface area contributed by atoms with E-state index in [1.165, 1.54) is 6.42 Å². The number of ether oxygens (including phenoxy) is 1. The van der Waals surface area contributed by atoms with Crippen LogP contribution in [-0.4, -0.2) is 24.0 Å². The molecule has 2 saturated heterocycles. The molecular weight excluding hydrogens is 314 g/mol. The van der Waals surface area contributed by atoms with E-state index >= 15 is 0 Å². The Balaban J connectivity index is 1.37. The summed E-state index contributed by atoms with van der Waals surface area (Å²) in [7, 11) is 0. The zero-order valence-corrected chi connectivity index (χ0v) is 13.7. The number of hydrogen-bond acceptors (Lipinski definition) is 4. The molecule has 2 aromatic rings. The molecule has 2 heterocycles. The molecule has 1 amide bonds. The minimum Gasteiger partial charge on any atom is -0.457 e.